The van der Waals surface area contributed by atoms with Crippen molar-refractivity contribution in [3.63, 3.8) is 0 Å². The molecule has 38 heavy (non-hydrogen) atoms. The van der Waals surface area contributed by atoms with E-state index in [9.17, 15) is 0 Å². The molecule has 0 radical (unpaired) electrons. The van der Waals surface area contributed by atoms with Gasteiger partial charge >= 0.3 is 0 Å². The number of pyridine rings is 1. The van der Waals surface area contributed by atoms with E-state index in [1.54, 1.807) is 0 Å². The summed E-state index contributed by atoms with van der Waals surface area (Å²) in [6.45, 7) is 0. The zero-order valence-corrected chi connectivity index (χ0v) is 20.5. The first kappa shape index (κ1) is 20.0. The largest absolute Gasteiger partial charge is 0.307 e. The Morgan fingerprint density at radius 3 is 1.63 bits per heavy atom. The molecule has 0 fully saturated rings. The van der Waals surface area contributed by atoms with Gasteiger partial charge in [-0.1, -0.05) is 78.9 Å². The maximum Gasteiger partial charge on any atom is 0.0985 e. The first-order valence-electron chi connectivity index (χ1n) is 13.0. The Kier molecular flexibility index (Phi) is 3.79. The molecule has 4 aromatic heterocycles. The van der Waals surface area contributed by atoms with Gasteiger partial charge in [0.2, 0.25) is 0 Å². The Morgan fingerprint density at radius 1 is 0.421 bits per heavy atom. The van der Waals surface area contributed by atoms with Gasteiger partial charge in [-0.3, -0.25) is 4.98 Å². The molecule has 0 saturated heterocycles. The molecule has 4 heterocycles. The molecule has 6 bridgehead atoms. The van der Waals surface area contributed by atoms with E-state index < -0.39 is 0 Å². The summed E-state index contributed by atoms with van der Waals surface area (Å²) in [5.74, 6) is 0. The minimum atomic E-state index is 1.02. The summed E-state index contributed by atoms with van der Waals surface area (Å²) in [5, 5.41) is 8.36. The van der Waals surface area contributed by atoms with Gasteiger partial charge in [0.25, 0.3) is 0 Å². The Morgan fingerprint density at radius 2 is 0.947 bits per heavy atom. The molecular weight excluding hydrogens is 462 g/mol. The van der Waals surface area contributed by atoms with E-state index in [0.717, 1.165) is 38.4 Å². The maximum atomic E-state index is 5.10. The van der Waals surface area contributed by atoms with Crippen LogP contribution < -0.4 is 0 Å². The average Bonchev–Trinajstić information content (AvgIpc) is 3.50. The molecule has 3 nitrogen and oxygen atoms in total. The highest BCUT2D eigenvalue weighted by atomic mass is 15.0. The SMILES string of the molecule is c1cc2cc(c1)c1cccc(c1)n1c3ccccc3c3ncc4c5ccccc5n(c5cccc2c5)c4c31. The van der Waals surface area contributed by atoms with Gasteiger partial charge in [-0.15, -0.1) is 0 Å². The summed E-state index contributed by atoms with van der Waals surface area (Å²) in [4.78, 5) is 5.10. The third-order valence-electron chi connectivity index (χ3n) is 8.05. The van der Waals surface area contributed by atoms with Crippen molar-refractivity contribution in [2.75, 3.05) is 0 Å². The van der Waals surface area contributed by atoms with Crippen LogP contribution in [0, 0.1) is 0 Å². The number of para-hydroxylation sites is 2. The molecule has 0 spiro atoms. The minimum absolute atomic E-state index is 1.02. The molecule has 0 aliphatic rings. The molecule has 0 saturated carbocycles. The zero-order valence-electron chi connectivity index (χ0n) is 20.5. The number of benzene rings is 5. The van der Waals surface area contributed by atoms with E-state index in [1.165, 1.54) is 38.0 Å². The monoisotopic (exact) mass is 483 g/mol. The van der Waals surface area contributed by atoms with Crippen LogP contribution >= 0.6 is 0 Å². The second-order valence-corrected chi connectivity index (χ2v) is 10.1. The predicted octanol–water partition coefficient (Wildman–Crippen LogP) is 9.07. The first-order chi connectivity index (χ1) is 18.8. The lowest BCUT2D eigenvalue weighted by atomic mass is 10.1. The molecule has 5 aromatic carbocycles. The van der Waals surface area contributed by atoms with Crippen molar-refractivity contribution in [2.24, 2.45) is 0 Å². The molecule has 0 aliphatic heterocycles. The normalized spacial score (nSPS) is 12.2. The fraction of sp³-hybridized carbons (Fsp3) is 0. The standard InChI is InChI=1S/C35H21N3/c1-3-16-31-28(14-1)30-21-36-33-29-15-2-4-17-32(29)38-27-13-7-11-25(20-27)23-9-5-8-22(18-23)24-10-6-12-26(19-24)37(31)34(30)35(33)38/h1-21H. The van der Waals surface area contributed by atoms with E-state index in [0.29, 0.717) is 0 Å². The Bertz CT molecular complexity index is 2290. The molecule has 0 aliphatic carbocycles. The number of hydrogen-bond acceptors (Lipinski definition) is 1. The van der Waals surface area contributed by atoms with Crippen molar-refractivity contribution in [2.45, 2.75) is 0 Å². The lowest BCUT2D eigenvalue weighted by molar-refractivity contribution is 1.29. The van der Waals surface area contributed by atoms with Crippen LogP contribution in [-0.2, 0) is 0 Å². The van der Waals surface area contributed by atoms with Crippen molar-refractivity contribution in [3.05, 3.63) is 128 Å². The number of nitrogens with zero attached hydrogens (tertiary/aromatic N) is 3. The third kappa shape index (κ3) is 2.55. The van der Waals surface area contributed by atoms with Crippen LogP contribution in [-0.4, -0.2) is 13.8 Å². The summed E-state index contributed by atoms with van der Waals surface area (Å²) >= 11 is 0. The molecular formula is C35H21N3. The van der Waals surface area contributed by atoms with Crippen LogP contribution in [0.3, 0.4) is 0 Å². The van der Waals surface area contributed by atoms with Crippen LogP contribution in [0.25, 0.3) is 76.3 Å². The van der Waals surface area contributed by atoms with Crippen LogP contribution in [0.2, 0.25) is 0 Å². The summed E-state index contributed by atoms with van der Waals surface area (Å²) in [7, 11) is 0. The fourth-order valence-corrected chi connectivity index (χ4v) is 6.39. The average molecular weight is 484 g/mol. The highest BCUT2D eigenvalue weighted by molar-refractivity contribution is 6.22. The highest BCUT2D eigenvalue weighted by Gasteiger charge is 2.18. The van der Waals surface area contributed by atoms with Gasteiger partial charge in [-0.05, 0) is 64.0 Å². The predicted molar refractivity (Wildman–Crippen MR) is 160 cm³/mol. The highest BCUT2D eigenvalue weighted by Crippen LogP contribution is 2.38. The molecule has 0 amide bonds. The molecule has 0 unspecified atom stereocenters. The molecule has 9 aromatic rings. The molecule has 176 valence electrons. The van der Waals surface area contributed by atoms with Crippen LogP contribution in [0.5, 0.6) is 0 Å². The zero-order chi connectivity index (χ0) is 24.8. The van der Waals surface area contributed by atoms with Gasteiger partial charge in [0.1, 0.15) is 0 Å². The topological polar surface area (TPSA) is 21.7 Å². The number of fused-ring (bicyclic) bond motifs is 16. The van der Waals surface area contributed by atoms with E-state index >= 15 is 0 Å². The van der Waals surface area contributed by atoms with Crippen molar-refractivity contribution < 1.29 is 0 Å². The Hall–Kier alpha value is -5.15. The number of hydrogen-bond donors (Lipinski definition) is 0. The second kappa shape index (κ2) is 7.21. The van der Waals surface area contributed by atoms with Crippen molar-refractivity contribution in [1.82, 2.24) is 13.8 Å². The molecule has 0 N–H and O–H groups in total. The first-order valence-corrected chi connectivity index (χ1v) is 13.0. The lowest BCUT2D eigenvalue weighted by Crippen LogP contribution is -1.90. The maximum absolute atomic E-state index is 5.10. The minimum Gasteiger partial charge on any atom is -0.307 e. The van der Waals surface area contributed by atoms with E-state index in [-0.39, 0.29) is 0 Å². The van der Waals surface area contributed by atoms with Gasteiger partial charge < -0.3 is 8.80 Å². The third-order valence-corrected chi connectivity index (χ3v) is 8.05. The van der Waals surface area contributed by atoms with Gasteiger partial charge in [-0.2, -0.15) is 0 Å². The molecule has 3 heteroatoms. The van der Waals surface area contributed by atoms with Crippen molar-refractivity contribution in [1.29, 1.82) is 0 Å². The van der Waals surface area contributed by atoms with Gasteiger partial charge in [0.15, 0.2) is 0 Å². The smallest absolute Gasteiger partial charge is 0.0985 e. The number of aromatic nitrogens is 3. The quantitative estimate of drug-likeness (QED) is 0.211. The van der Waals surface area contributed by atoms with Crippen LogP contribution in [0.4, 0.5) is 0 Å². The molecule has 0 atom stereocenters. The van der Waals surface area contributed by atoms with Gasteiger partial charge in [0.05, 0.1) is 27.6 Å². The van der Waals surface area contributed by atoms with Crippen molar-refractivity contribution in [3.8, 4) is 0 Å². The van der Waals surface area contributed by atoms with Crippen LogP contribution in [0.1, 0.15) is 0 Å². The summed E-state index contributed by atoms with van der Waals surface area (Å²) < 4.78 is 4.84. The van der Waals surface area contributed by atoms with E-state index in [1.807, 2.05) is 0 Å². The number of rotatable bonds is 0. The fourth-order valence-electron chi connectivity index (χ4n) is 6.39. The second-order valence-electron chi connectivity index (χ2n) is 10.1. The van der Waals surface area contributed by atoms with Crippen LogP contribution in [0.15, 0.2) is 128 Å². The van der Waals surface area contributed by atoms with Crippen molar-refractivity contribution >= 4 is 76.3 Å². The Balaban J connectivity index is 1.76. The lowest BCUT2D eigenvalue weighted by Gasteiger charge is -2.04. The summed E-state index contributed by atoms with van der Waals surface area (Å²) in [6.07, 6.45) is 2.06. The molecule has 9 rings (SSSR count). The van der Waals surface area contributed by atoms with Gasteiger partial charge in [-0.25, -0.2) is 0 Å². The van der Waals surface area contributed by atoms with Gasteiger partial charge in [0, 0.05) is 33.4 Å². The Labute approximate surface area is 217 Å². The summed E-state index contributed by atoms with van der Waals surface area (Å²) in [5.41, 5.74) is 7.96. The summed E-state index contributed by atoms with van der Waals surface area (Å²) in [6, 6.07) is 44.0. The van der Waals surface area contributed by atoms with E-state index in [2.05, 4.69) is 136 Å². The van der Waals surface area contributed by atoms with E-state index in [4.69, 9.17) is 4.98 Å².